The summed E-state index contributed by atoms with van der Waals surface area (Å²) < 4.78 is 36.2. The predicted molar refractivity (Wildman–Crippen MR) is 78.2 cm³/mol. The minimum atomic E-state index is -1.69. The molecule has 145 valence electrons. The molecule has 0 unspecified atom stereocenters. The first-order valence-electron chi connectivity index (χ1n) is 6.05. The Hall–Kier alpha value is -2.24. The zero-order valence-electron chi connectivity index (χ0n) is 14.5. The van der Waals surface area contributed by atoms with Gasteiger partial charge in [-0.3, -0.25) is 20.8 Å². The minimum absolute atomic E-state index is 0. The van der Waals surface area contributed by atoms with E-state index in [9.17, 15) is 14.4 Å². The molecule has 0 aromatic rings. The van der Waals surface area contributed by atoms with Crippen molar-refractivity contribution in [1.29, 1.82) is 0 Å². The summed E-state index contributed by atoms with van der Waals surface area (Å²) in [4.78, 5) is 35.1. The van der Waals surface area contributed by atoms with E-state index in [0.29, 0.717) is 0 Å². The van der Waals surface area contributed by atoms with Crippen LogP contribution in [0.3, 0.4) is 0 Å². The van der Waals surface area contributed by atoms with Crippen LogP contribution in [0.2, 0.25) is 0 Å². The smallest absolute Gasteiger partial charge is 0 e. The molecule has 10 heteroatoms. The number of methoxy groups -OCH3 is 3. The number of carbonyl (C=O) groups excluding carboxylic acids is 3. The molecular weight excluding hydrogens is 392 g/mol. The molecule has 0 aliphatic rings. The van der Waals surface area contributed by atoms with E-state index < -0.39 is 29.2 Å². The van der Waals surface area contributed by atoms with E-state index in [1.807, 2.05) is 0 Å². The molecule has 0 amide bonds. The molecular formula is C16H18FeO9-. The minimum Gasteiger partial charge on any atom is 0 e. The maximum atomic E-state index is 11.9. The maximum Gasteiger partial charge on any atom is 0 e. The summed E-state index contributed by atoms with van der Waals surface area (Å²) in [6.45, 7) is 18.3. The van der Waals surface area contributed by atoms with Crippen LogP contribution < -0.4 is 0 Å². The second kappa shape index (κ2) is 22.8. The monoisotopic (exact) mass is 410 g/mol. The Morgan fingerprint density at radius 1 is 0.962 bits per heavy atom. The van der Waals surface area contributed by atoms with Crippen LogP contribution in [0.4, 0.5) is 0 Å². The van der Waals surface area contributed by atoms with Crippen molar-refractivity contribution in [2.75, 3.05) is 21.3 Å². The van der Waals surface area contributed by atoms with Crippen molar-refractivity contribution in [2.24, 2.45) is 11.3 Å². The van der Waals surface area contributed by atoms with Gasteiger partial charge in [-0.25, -0.2) is 0 Å². The van der Waals surface area contributed by atoms with Crippen LogP contribution in [-0.2, 0) is 59.6 Å². The topological polar surface area (TPSA) is 139 Å². The van der Waals surface area contributed by atoms with E-state index in [4.69, 9.17) is 14.0 Å². The fraction of sp³-hybridized carbons (Fsp3) is 0.375. The van der Waals surface area contributed by atoms with Gasteiger partial charge in [0.1, 0.15) is 5.41 Å². The third-order valence-corrected chi connectivity index (χ3v) is 2.75. The predicted octanol–water partition coefficient (Wildman–Crippen LogP) is 0.607. The molecule has 1 radical (unpaired) electrons. The van der Waals surface area contributed by atoms with Crippen molar-refractivity contribution >= 4 is 17.9 Å². The summed E-state index contributed by atoms with van der Waals surface area (Å²) in [6.07, 6.45) is 3.88. The zero-order chi connectivity index (χ0) is 21.1. The van der Waals surface area contributed by atoms with E-state index in [1.165, 1.54) is 26.5 Å². The molecule has 9 nitrogen and oxygen atoms in total. The van der Waals surface area contributed by atoms with Crippen molar-refractivity contribution < 1.29 is 59.6 Å². The van der Waals surface area contributed by atoms with Crippen LogP contribution in [0, 0.1) is 44.1 Å². The first-order chi connectivity index (χ1) is 11.9. The molecule has 0 rings (SSSR count). The normalized spacial score (nSPS) is 9.00. The maximum absolute atomic E-state index is 11.9. The van der Waals surface area contributed by atoms with Gasteiger partial charge in [0.05, 0.1) is 21.3 Å². The Morgan fingerprint density at radius 3 is 1.54 bits per heavy atom. The van der Waals surface area contributed by atoms with Gasteiger partial charge in [-0.15, -0.1) is 12.5 Å². The van der Waals surface area contributed by atoms with Gasteiger partial charge in [-0.1, -0.05) is 6.08 Å². The molecule has 0 N–H and O–H groups in total. The number of rotatable bonds is 7. The molecule has 0 spiro atoms. The van der Waals surface area contributed by atoms with Crippen LogP contribution in [0.15, 0.2) is 12.7 Å². The fourth-order valence-corrected chi connectivity index (χ4v) is 1.56. The van der Waals surface area contributed by atoms with Crippen molar-refractivity contribution in [3.8, 4) is 0 Å². The van der Waals surface area contributed by atoms with Crippen LogP contribution in [-0.4, -0.2) is 39.2 Å². The number of hydrogen-bond acceptors (Lipinski definition) is 6. The van der Waals surface area contributed by atoms with Gasteiger partial charge in [-0.2, -0.15) is 0 Å². The molecule has 0 bridgehead atoms. The van der Waals surface area contributed by atoms with Gasteiger partial charge < -0.3 is 14.2 Å². The zero-order valence-corrected chi connectivity index (χ0v) is 15.6. The number of hydrogen-bond donors (Lipinski definition) is 0. The Morgan fingerprint density at radius 2 is 1.31 bits per heavy atom. The third-order valence-electron chi connectivity index (χ3n) is 2.75. The van der Waals surface area contributed by atoms with Gasteiger partial charge in [-0.05, 0) is 13.3 Å². The van der Waals surface area contributed by atoms with E-state index in [1.54, 1.807) is 0 Å². The van der Waals surface area contributed by atoms with Gasteiger partial charge in [0.15, 0.2) is 5.97 Å². The quantitative estimate of drug-likeness (QED) is 0.151. The molecule has 0 aliphatic carbocycles. The second-order valence-electron chi connectivity index (χ2n) is 3.83. The van der Waals surface area contributed by atoms with Crippen molar-refractivity contribution in [1.82, 2.24) is 0 Å². The number of carbonyl (C=O) groups is 3. The van der Waals surface area contributed by atoms with Gasteiger partial charge in [0.25, 0.3) is 0 Å². The van der Waals surface area contributed by atoms with Crippen molar-refractivity contribution in [3.63, 3.8) is 0 Å². The molecule has 26 heavy (non-hydrogen) atoms. The molecule has 0 fully saturated rings. The largest absolute Gasteiger partial charge is 0 e. The molecule has 0 aromatic heterocycles. The Bertz CT molecular complexity index is 450. The van der Waals surface area contributed by atoms with Crippen LogP contribution in [0.25, 0.3) is 0 Å². The molecule has 0 saturated carbocycles. The summed E-state index contributed by atoms with van der Waals surface area (Å²) in [5, 5.41) is 0. The van der Waals surface area contributed by atoms with Crippen LogP contribution in [0.5, 0.6) is 0 Å². The van der Waals surface area contributed by atoms with E-state index in [-0.39, 0.29) is 17.1 Å². The molecule has 0 heterocycles. The fourth-order valence-electron chi connectivity index (χ4n) is 1.56. The summed E-state index contributed by atoms with van der Waals surface area (Å²) >= 11 is 0. The Balaban J connectivity index is -0.000000189. The third kappa shape index (κ3) is 11.3. The summed E-state index contributed by atoms with van der Waals surface area (Å²) in [5.74, 6) is -3.20. The molecule has 0 aromatic carbocycles. The summed E-state index contributed by atoms with van der Waals surface area (Å²) in [7, 11) is 3.48. The van der Waals surface area contributed by atoms with E-state index >= 15 is 0 Å². The first-order valence-corrected chi connectivity index (χ1v) is 6.05. The summed E-state index contributed by atoms with van der Waals surface area (Å²) in [5.41, 5.74) is -1.69. The SMILES string of the molecule is C=C[CH][C@@H]([CH-]C(=O)OC)C(C)(C(=O)OC)C(=O)OC.[C-]#[O+].[C-]#[O+].[C-]#[O+].[Fe]. The Labute approximate surface area is 163 Å². The standard InChI is InChI=1S/C13H18O6.3CO.Fe/c1-6-7-9(8-10(14)17-3)13(2,11(15)18-4)12(16)19-5;3*1-2;/h6-9H,1H2,2-5H3;;;;/q-1;;;;/t9-;;;;/m0..../s1. The van der Waals surface area contributed by atoms with Gasteiger partial charge >= 0.3 is 45.8 Å². The molecule has 0 aliphatic heterocycles. The van der Waals surface area contributed by atoms with Gasteiger partial charge in [0.2, 0.25) is 0 Å². The average Bonchev–Trinajstić information content (AvgIpc) is 2.69. The van der Waals surface area contributed by atoms with E-state index in [2.05, 4.69) is 40.7 Å². The van der Waals surface area contributed by atoms with E-state index in [0.717, 1.165) is 20.6 Å². The first kappa shape index (κ1) is 35.0. The van der Waals surface area contributed by atoms with Crippen LogP contribution in [0.1, 0.15) is 6.92 Å². The molecule has 1 atom stereocenters. The molecule has 0 saturated heterocycles. The van der Waals surface area contributed by atoms with Crippen molar-refractivity contribution in [2.45, 2.75) is 6.92 Å². The van der Waals surface area contributed by atoms with Crippen LogP contribution >= 0.6 is 0 Å². The Kier molecular flexibility index (Phi) is 30.6. The second-order valence-corrected chi connectivity index (χ2v) is 3.83. The average molecular weight is 410 g/mol. The number of allylic oxidation sites excluding steroid dienone is 1. The van der Waals surface area contributed by atoms with Gasteiger partial charge in [0, 0.05) is 17.1 Å². The van der Waals surface area contributed by atoms with Crippen molar-refractivity contribution in [3.05, 3.63) is 45.4 Å². The number of esters is 3. The number of ether oxygens (including phenoxy) is 3. The summed E-state index contributed by atoms with van der Waals surface area (Å²) in [6, 6.07) is 0.